The maximum Gasteiger partial charge on any atom is 0.326 e. The Kier molecular flexibility index (Phi) is 6.19. The van der Waals surface area contributed by atoms with Crippen LogP contribution in [0, 0.1) is 6.92 Å². The van der Waals surface area contributed by atoms with Crippen molar-refractivity contribution in [1.82, 2.24) is 9.80 Å². The molecule has 2 amide bonds. The minimum Gasteiger partial charge on any atom is -0.508 e. The second-order valence-electron chi connectivity index (χ2n) is 8.37. The van der Waals surface area contributed by atoms with Gasteiger partial charge in [-0.1, -0.05) is 19.6 Å². The number of benzene rings is 1. The number of amides is 2. The number of hydrogen-bond acceptors (Lipinski definition) is 3. The molecular weight excluding hydrogens is 344 g/mol. The molecular formula is C20H32N2O3Si. The van der Waals surface area contributed by atoms with Crippen LogP contribution in [0.5, 0.6) is 5.75 Å². The molecule has 0 radical (unpaired) electrons. The first kappa shape index (κ1) is 20.5. The topological polar surface area (TPSA) is 53.0 Å². The monoisotopic (exact) mass is 376 g/mol. The fraction of sp³-hybridized carbons (Fsp3) is 0.550. The summed E-state index contributed by atoms with van der Waals surface area (Å²) in [6.07, 6.45) is 0. The van der Waals surface area contributed by atoms with E-state index in [2.05, 4.69) is 26.6 Å². The lowest BCUT2D eigenvalue weighted by Gasteiger charge is -2.41. The van der Waals surface area contributed by atoms with Crippen LogP contribution in [-0.4, -0.2) is 55.4 Å². The summed E-state index contributed by atoms with van der Waals surface area (Å²) in [5.74, 6) is 0.236. The molecule has 2 rings (SSSR count). The summed E-state index contributed by atoms with van der Waals surface area (Å²) < 4.78 is 5.82. The highest BCUT2D eigenvalue weighted by molar-refractivity contribution is 6.76. The number of urea groups is 1. The first-order valence-electron chi connectivity index (χ1n) is 9.16. The van der Waals surface area contributed by atoms with Gasteiger partial charge in [-0.25, -0.2) is 4.79 Å². The number of ether oxygens (including phenoxy) is 1. The van der Waals surface area contributed by atoms with Gasteiger partial charge in [-0.2, -0.15) is 0 Å². The largest absolute Gasteiger partial charge is 0.508 e. The average molecular weight is 377 g/mol. The van der Waals surface area contributed by atoms with Crippen molar-refractivity contribution < 1.29 is 14.6 Å². The molecule has 0 saturated heterocycles. The third-order valence-corrected chi connectivity index (χ3v) is 6.73. The standard InChI is InChI=1S/C20H32N2O3Si/c1-14-12-17(23)8-9-18(14)19-15(2)16(3)22(20(24)21(19)4)13-25-10-11-26(5,6)7/h8-9,12,16,23H,10-11,13H2,1-7H3. The van der Waals surface area contributed by atoms with E-state index in [9.17, 15) is 9.90 Å². The number of nitrogens with zero attached hydrogens (tertiary/aromatic N) is 2. The van der Waals surface area contributed by atoms with Crippen molar-refractivity contribution in [1.29, 1.82) is 0 Å². The Hall–Kier alpha value is -1.79. The van der Waals surface area contributed by atoms with Crippen molar-refractivity contribution >= 4 is 19.8 Å². The van der Waals surface area contributed by atoms with Gasteiger partial charge in [-0.3, -0.25) is 9.80 Å². The van der Waals surface area contributed by atoms with Gasteiger partial charge in [0.2, 0.25) is 0 Å². The number of phenolic OH excluding ortho intramolecular Hbond substituents is 1. The van der Waals surface area contributed by atoms with E-state index in [1.807, 2.05) is 19.9 Å². The maximum absolute atomic E-state index is 12.9. The first-order chi connectivity index (χ1) is 12.0. The smallest absolute Gasteiger partial charge is 0.326 e. The van der Waals surface area contributed by atoms with Crippen LogP contribution in [0.4, 0.5) is 4.79 Å². The molecule has 26 heavy (non-hydrogen) atoms. The number of carbonyl (C=O) groups is 1. The van der Waals surface area contributed by atoms with Gasteiger partial charge in [0, 0.05) is 27.3 Å². The van der Waals surface area contributed by atoms with Gasteiger partial charge < -0.3 is 9.84 Å². The van der Waals surface area contributed by atoms with Crippen molar-refractivity contribution in [3.8, 4) is 5.75 Å². The number of aryl methyl sites for hydroxylation is 1. The summed E-state index contributed by atoms with van der Waals surface area (Å²) >= 11 is 0. The van der Waals surface area contributed by atoms with Gasteiger partial charge in [0.1, 0.15) is 12.5 Å². The number of carbonyl (C=O) groups excluding carboxylic acids is 1. The minimum absolute atomic E-state index is 0.0335. The molecule has 0 aromatic heterocycles. The molecule has 0 spiro atoms. The van der Waals surface area contributed by atoms with E-state index >= 15 is 0 Å². The molecule has 0 fully saturated rings. The van der Waals surface area contributed by atoms with Crippen molar-refractivity contribution in [2.45, 2.75) is 52.5 Å². The van der Waals surface area contributed by atoms with Crippen molar-refractivity contribution in [2.24, 2.45) is 0 Å². The minimum atomic E-state index is -1.14. The Balaban J connectivity index is 2.21. The third kappa shape index (κ3) is 4.48. The quantitative estimate of drug-likeness (QED) is 0.587. The predicted molar refractivity (Wildman–Crippen MR) is 109 cm³/mol. The maximum atomic E-state index is 12.9. The summed E-state index contributed by atoms with van der Waals surface area (Å²) in [5, 5.41) is 9.67. The van der Waals surface area contributed by atoms with Crippen LogP contribution in [0.3, 0.4) is 0 Å². The summed E-state index contributed by atoms with van der Waals surface area (Å²) in [6, 6.07) is 6.26. The highest BCUT2D eigenvalue weighted by atomic mass is 28.3. The van der Waals surface area contributed by atoms with Gasteiger partial charge >= 0.3 is 6.03 Å². The molecule has 0 bridgehead atoms. The SMILES string of the molecule is CC1=C(c2ccc(O)cc2C)N(C)C(=O)N(COCC[Si](C)(C)C)C1C. The molecule has 1 N–H and O–H groups in total. The molecule has 1 aromatic rings. The first-order valence-corrected chi connectivity index (χ1v) is 12.9. The average Bonchev–Trinajstić information content (AvgIpc) is 2.53. The Bertz CT molecular complexity index is 709. The summed E-state index contributed by atoms with van der Waals surface area (Å²) in [5.41, 5.74) is 3.96. The second kappa shape index (κ2) is 7.84. The van der Waals surface area contributed by atoms with E-state index in [1.54, 1.807) is 29.0 Å². The lowest BCUT2D eigenvalue weighted by atomic mass is 9.95. The zero-order chi connectivity index (χ0) is 19.6. The van der Waals surface area contributed by atoms with E-state index in [-0.39, 0.29) is 17.8 Å². The van der Waals surface area contributed by atoms with Gasteiger partial charge in [-0.05, 0) is 56.2 Å². The Morgan fingerprint density at radius 3 is 2.46 bits per heavy atom. The number of hydrogen-bond donors (Lipinski definition) is 1. The van der Waals surface area contributed by atoms with Gasteiger partial charge in [0.05, 0.1) is 11.7 Å². The fourth-order valence-electron chi connectivity index (χ4n) is 3.17. The van der Waals surface area contributed by atoms with Crippen LogP contribution in [0.15, 0.2) is 23.8 Å². The molecule has 1 aromatic carbocycles. The Labute approximate surface area is 158 Å². The predicted octanol–water partition coefficient (Wildman–Crippen LogP) is 4.50. The molecule has 6 heteroatoms. The Morgan fingerprint density at radius 2 is 1.88 bits per heavy atom. The normalized spacial score (nSPS) is 18.7. The van der Waals surface area contributed by atoms with Crippen molar-refractivity contribution in [3.05, 3.63) is 34.9 Å². The summed E-state index contributed by atoms with van der Waals surface area (Å²) in [4.78, 5) is 16.4. The molecule has 1 unspecified atom stereocenters. The second-order valence-corrected chi connectivity index (χ2v) is 14.0. The molecule has 5 nitrogen and oxygen atoms in total. The van der Waals surface area contributed by atoms with E-state index < -0.39 is 8.07 Å². The van der Waals surface area contributed by atoms with E-state index in [1.165, 1.54) is 0 Å². The number of phenols is 1. The number of aromatic hydroxyl groups is 1. The van der Waals surface area contributed by atoms with Crippen LogP contribution in [-0.2, 0) is 4.74 Å². The lowest BCUT2D eigenvalue weighted by molar-refractivity contribution is 0.0342. The summed E-state index contributed by atoms with van der Waals surface area (Å²) in [7, 11) is 0.660. The van der Waals surface area contributed by atoms with Gasteiger partial charge in [-0.15, -0.1) is 0 Å². The van der Waals surface area contributed by atoms with Gasteiger partial charge in [0.15, 0.2) is 0 Å². The third-order valence-electron chi connectivity index (χ3n) is 5.03. The highest BCUT2D eigenvalue weighted by Gasteiger charge is 2.34. The Morgan fingerprint density at radius 1 is 1.23 bits per heavy atom. The van der Waals surface area contributed by atoms with Crippen LogP contribution in [0.2, 0.25) is 25.7 Å². The molecule has 0 aliphatic carbocycles. The summed E-state index contributed by atoms with van der Waals surface area (Å²) in [6.45, 7) is 14.0. The lowest BCUT2D eigenvalue weighted by Crippen LogP contribution is -2.51. The molecule has 1 atom stereocenters. The van der Waals surface area contributed by atoms with Crippen LogP contribution < -0.4 is 0 Å². The van der Waals surface area contributed by atoms with E-state index in [0.717, 1.165) is 28.4 Å². The van der Waals surface area contributed by atoms with Crippen molar-refractivity contribution in [2.75, 3.05) is 20.4 Å². The molecule has 1 aliphatic heterocycles. The van der Waals surface area contributed by atoms with Crippen molar-refractivity contribution in [3.63, 3.8) is 0 Å². The van der Waals surface area contributed by atoms with Crippen LogP contribution >= 0.6 is 0 Å². The molecule has 0 saturated carbocycles. The van der Waals surface area contributed by atoms with E-state index in [0.29, 0.717) is 13.3 Å². The molecule has 1 aliphatic rings. The number of rotatable bonds is 6. The van der Waals surface area contributed by atoms with Crippen LogP contribution in [0.1, 0.15) is 25.0 Å². The van der Waals surface area contributed by atoms with Gasteiger partial charge in [0.25, 0.3) is 0 Å². The molecule has 1 heterocycles. The molecule has 144 valence electrons. The zero-order valence-corrected chi connectivity index (χ0v) is 18.1. The fourth-order valence-corrected chi connectivity index (χ4v) is 3.92. The highest BCUT2D eigenvalue weighted by Crippen LogP contribution is 2.34. The zero-order valence-electron chi connectivity index (χ0n) is 17.1. The van der Waals surface area contributed by atoms with E-state index in [4.69, 9.17) is 4.74 Å². The van der Waals surface area contributed by atoms with Crippen LogP contribution in [0.25, 0.3) is 5.70 Å².